The maximum Gasteiger partial charge on any atom is 0.407 e. The molecule has 0 aliphatic heterocycles. The number of carbonyl (C=O) groups excluding carboxylic acids is 2. The predicted molar refractivity (Wildman–Crippen MR) is 94.0 cm³/mol. The lowest BCUT2D eigenvalue weighted by Gasteiger charge is -2.19. The minimum Gasteiger partial charge on any atom is -0.496 e. The average molecular weight is 402 g/mol. The molecule has 0 spiro atoms. The maximum absolute atomic E-state index is 11.8. The van der Waals surface area contributed by atoms with E-state index in [0.717, 1.165) is 10.0 Å². The summed E-state index contributed by atoms with van der Waals surface area (Å²) in [6, 6.07) is 5.50. The average Bonchev–Trinajstić information content (AvgIpc) is 2.48. The third-order valence-electron chi connectivity index (χ3n) is 2.86. The third kappa shape index (κ3) is 8.19. The fourth-order valence-corrected chi connectivity index (χ4v) is 2.24. The number of amides is 1. The second-order valence-corrected chi connectivity index (χ2v) is 7.06. The summed E-state index contributed by atoms with van der Waals surface area (Å²) in [6.45, 7) is 5.87. The number of esters is 1. The van der Waals surface area contributed by atoms with E-state index in [-0.39, 0.29) is 19.0 Å². The molecular formula is C17H24BrNO5. The number of hydrogen-bond acceptors (Lipinski definition) is 5. The van der Waals surface area contributed by atoms with E-state index in [0.29, 0.717) is 18.7 Å². The highest BCUT2D eigenvalue weighted by atomic mass is 79.9. The van der Waals surface area contributed by atoms with Gasteiger partial charge in [-0.25, -0.2) is 4.79 Å². The molecule has 1 rings (SSSR count). The number of hydrogen-bond donors (Lipinski definition) is 1. The largest absolute Gasteiger partial charge is 0.496 e. The molecule has 1 N–H and O–H groups in total. The molecule has 1 aromatic carbocycles. The van der Waals surface area contributed by atoms with E-state index in [2.05, 4.69) is 21.2 Å². The Hall–Kier alpha value is -1.76. The number of halogens is 1. The molecule has 7 heteroatoms. The van der Waals surface area contributed by atoms with Crippen LogP contribution in [-0.4, -0.2) is 31.3 Å². The summed E-state index contributed by atoms with van der Waals surface area (Å²) in [5.41, 5.74) is 0.249. The molecule has 0 radical (unpaired) electrons. The van der Waals surface area contributed by atoms with Gasteiger partial charge in [-0.15, -0.1) is 0 Å². The fourth-order valence-electron chi connectivity index (χ4n) is 1.83. The zero-order valence-corrected chi connectivity index (χ0v) is 16.1. The van der Waals surface area contributed by atoms with Gasteiger partial charge in [-0.05, 0) is 45.4 Å². The maximum atomic E-state index is 11.8. The van der Waals surface area contributed by atoms with Gasteiger partial charge in [-0.1, -0.05) is 15.9 Å². The van der Waals surface area contributed by atoms with Gasteiger partial charge in [0.1, 0.15) is 18.0 Å². The van der Waals surface area contributed by atoms with Gasteiger partial charge in [0.2, 0.25) is 0 Å². The molecular weight excluding hydrogens is 378 g/mol. The molecule has 1 aromatic rings. The van der Waals surface area contributed by atoms with Gasteiger partial charge in [-0.3, -0.25) is 4.79 Å². The Kier molecular flexibility index (Phi) is 8.04. The van der Waals surface area contributed by atoms with Crippen molar-refractivity contribution in [2.75, 3.05) is 13.7 Å². The van der Waals surface area contributed by atoms with Crippen molar-refractivity contribution in [2.45, 2.75) is 45.8 Å². The lowest BCUT2D eigenvalue weighted by molar-refractivity contribution is -0.145. The van der Waals surface area contributed by atoms with E-state index in [9.17, 15) is 9.59 Å². The van der Waals surface area contributed by atoms with E-state index < -0.39 is 11.7 Å². The summed E-state index contributed by atoms with van der Waals surface area (Å²) >= 11 is 3.37. The summed E-state index contributed by atoms with van der Waals surface area (Å²) in [5.74, 6) is 0.334. The quantitative estimate of drug-likeness (QED) is 0.555. The van der Waals surface area contributed by atoms with Crippen molar-refractivity contribution in [1.82, 2.24) is 5.32 Å². The van der Waals surface area contributed by atoms with Crippen molar-refractivity contribution in [3.8, 4) is 5.75 Å². The monoisotopic (exact) mass is 401 g/mol. The SMILES string of the molecule is COc1ccc(Br)cc1COC(=O)CCCNC(=O)OC(C)(C)C. The van der Waals surface area contributed by atoms with Gasteiger partial charge in [0.15, 0.2) is 0 Å². The lowest BCUT2D eigenvalue weighted by atomic mass is 10.2. The molecule has 0 aromatic heterocycles. The van der Waals surface area contributed by atoms with Crippen LogP contribution in [0.2, 0.25) is 0 Å². The Morgan fingerprint density at radius 1 is 1.25 bits per heavy atom. The number of benzene rings is 1. The van der Waals surface area contributed by atoms with Crippen LogP contribution in [0.4, 0.5) is 4.79 Å². The van der Waals surface area contributed by atoms with Crippen LogP contribution in [0, 0.1) is 0 Å². The van der Waals surface area contributed by atoms with Crippen LogP contribution < -0.4 is 10.1 Å². The summed E-state index contributed by atoms with van der Waals surface area (Å²) in [5, 5.41) is 2.60. The molecule has 0 saturated carbocycles. The van der Waals surface area contributed by atoms with Crippen molar-refractivity contribution in [2.24, 2.45) is 0 Å². The molecule has 0 aliphatic carbocycles. The first-order valence-corrected chi connectivity index (χ1v) is 8.45. The van der Waals surface area contributed by atoms with Crippen LogP contribution in [0.25, 0.3) is 0 Å². The fraction of sp³-hybridized carbons (Fsp3) is 0.529. The summed E-state index contributed by atoms with van der Waals surface area (Å²) < 4.78 is 16.4. The van der Waals surface area contributed by atoms with Crippen LogP contribution >= 0.6 is 15.9 Å². The Labute approximate surface area is 151 Å². The first-order valence-electron chi connectivity index (χ1n) is 7.66. The molecule has 134 valence electrons. The molecule has 24 heavy (non-hydrogen) atoms. The standard InChI is InChI=1S/C17H24BrNO5/c1-17(2,3)24-16(21)19-9-5-6-15(20)23-11-12-10-13(18)7-8-14(12)22-4/h7-8,10H,5-6,9,11H2,1-4H3,(H,19,21). The van der Waals surface area contributed by atoms with E-state index in [1.54, 1.807) is 33.9 Å². The molecule has 0 bridgehead atoms. The van der Waals surface area contributed by atoms with Gasteiger partial charge in [0, 0.05) is 23.0 Å². The second kappa shape index (κ2) is 9.52. The smallest absolute Gasteiger partial charge is 0.407 e. The van der Waals surface area contributed by atoms with Crippen molar-refractivity contribution in [3.63, 3.8) is 0 Å². The zero-order chi connectivity index (χ0) is 18.2. The van der Waals surface area contributed by atoms with E-state index >= 15 is 0 Å². The molecule has 1 amide bonds. The van der Waals surface area contributed by atoms with Gasteiger partial charge >= 0.3 is 12.1 Å². The van der Waals surface area contributed by atoms with Crippen molar-refractivity contribution < 1.29 is 23.8 Å². The zero-order valence-electron chi connectivity index (χ0n) is 14.5. The highest BCUT2D eigenvalue weighted by molar-refractivity contribution is 9.10. The Morgan fingerprint density at radius 3 is 2.58 bits per heavy atom. The van der Waals surface area contributed by atoms with Crippen molar-refractivity contribution in [1.29, 1.82) is 0 Å². The lowest BCUT2D eigenvalue weighted by Crippen LogP contribution is -2.33. The molecule has 0 aliphatic rings. The summed E-state index contributed by atoms with van der Waals surface area (Å²) in [7, 11) is 1.57. The number of rotatable bonds is 7. The summed E-state index contributed by atoms with van der Waals surface area (Å²) in [4.78, 5) is 23.2. The minimum atomic E-state index is -0.536. The van der Waals surface area contributed by atoms with E-state index in [1.165, 1.54) is 0 Å². The molecule has 6 nitrogen and oxygen atoms in total. The second-order valence-electron chi connectivity index (χ2n) is 6.15. The van der Waals surface area contributed by atoms with Crippen LogP contribution in [-0.2, 0) is 20.9 Å². The normalized spacial score (nSPS) is 10.9. The summed E-state index contributed by atoms with van der Waals surface area (Å²) in [6.07, 6.45) is 0.203. The van der Waals surface area contributed by atoms with E-state index in [4.69, 9.17) is 14.2 Å². The first-order chi connectivity index (χ1) is 11.2. The Bertz CT molecular complexity index is 569. The van der Waals surface area contributed by atoms with Crippen molar-refractivity contribution >= 4 is 28.0 Å². The Morgan fingerprint density at radius 2 is 1.96 bits per heavy atom. The van der Waals surface area contributed by atoms with Crippen molar-refractivity contribution in [3.05, 3.63) is 28.2 Å². The molecule has 0 fully saturated rings. The molecule has 0 unspecified atom stereocenters. The third-order valence-corrected chi connectivity index (χ3v) is 3.35. The molecule has 0 saturated heterocycles. The van der Waals surface area contributed by atoms with Crippen LogP contribution in [0.3, 0.4) is 0 Å². The predicted octanol–water partition coefficient (Wildman–Crippen LogP) is 3.81. The first kappa shape index (κ1) is 20.3. The highest BCUT2D eigenvalue weighted by Crippen LogP contribution is 2.23. The van der Waals surface area contributed by atoms with Crippen LogP contribution in [0.1, 0.15) is 39.2 Å². The van der Waals surface area contributed by atoms with Gasteiger partial charge in [0.25, 0.3) is 0 Å². The van der Waals surface area contributed by atoms with Crippen LogP contribution in [0.15, 0.2) is 22.7 Å². The minimum absolute atomic E-state index is 0.140. The van der Waals surface area contributed by atoms with Gasteiger partial charge in [-0.2, -0.15) is 0 Å². The number of alkyl carbamates (subject to hydrolysis) is 1. The topological polar surface area (TPSA) is 73.9 Å². The van der Waals surface area contributed by atoms with Crippen LogP contribution in [0.5, 0.6) is 5.75 Å². The molecule has 0 heterocycles. The number of nitrogens with one attached hydrogen (secondary N) is 1. The van der Waals surface area contributed by atoms with Gasteiger partial charge in [0.05, 0.1) is 7.11 Å². The molecule has 0 atom stereocenters. The highest BCUT2D eigenvalue weighted by Gasteiger charge is 2.15. The Balaban J connectivity index is 2.28. The number of carbonyl (C=O) groups is 2. The van der Waals surface area contributed by atoms with Gasteiger partial charge < -0.3 is 19.5 Å². The number of methoxy groups -OCH3 is 1. The number of ether oxygens (including phenoxy) is 3. The van der Waals surface area contributed by atoms with E-state index in [1.807, 2.05) is 12.1 Å².